The van der Waals surface area contributed by atoms with Gasteiger partial charge in [-0.15, -0.1) is 0 Å². The van der Waals surface area contributed by atoms with Crippen LogP contribution in [-0.2, 0) is 13.1 Å². The average molecular weight is 360 g/mol. The predicted molar refractivity (Wildman–Crippen MR) is 96.4 cm³/mol. The number of carbonyl (C=O) groups is 1. The van der Waals surface area contributed by atoms with E-state index in [0.29, 0.717) is 35.1 Å². The van der Waals surface area contributed by atoms with Crippen LogP contribution in [0.5, 0.6) is 11.5 Å². The smallest absolute Gasteiger partial charge is 0.300 e. The molecule has 0 saturated heterocycles. The molecular formula is C17H20N4O3S. The number of benzene rings is 1. The largest absolute Gasteiger partial charge is 0.493 e. The van der Waals surface area contributed by atoms with Gasteiger partial charge >= 0.3 is 0 Å². The van der Waals surface area contributed by atoms with Crippen LogP contribution in [0.15, 0.2) is 29.4 Å². The lowest BCUT2D eigenvalue weighted by Crippen LogP contribution is -2.16. The maximum atomic E-state index is 12.4. The summed E-state index contributed by atoms with van der Waals surface area (Å²) in [7, 11) is 3.20. The van der Waals surface area contributed by atoms with E-state index in [1.807, 2.05) is 30.5 Å². The van der Waals surface area contributed by atoms with Crippen LogP contribution in [-0.4, -0.2) is 34.5 Å². The molecule has 25 heavy (non-hydrogen) atoms. The maximum Gasteiger partial charge on any atom is 0.300 e. The van der Waals surface area contributed by atoms with Crippen LogP contribution < -0.4 is 14.3 Å². The number of methoxy groups -OCH3 is 2. The number of aryl methyl sites for hydroxylation is 2. The molecule has 0 aliphatic heterocycles. The number of amides is 1. The Morgan fingerprint density at radius 1 is 1.20 bits per heavy atom. The molecule has 0 N–H and O–H groups in total. The fourth-order valence-corrected chi connectivity index (χ4v) is 3.69. The van der Waals surface area contributed by atoms with Crippen LogP contribution in [0.25, 0.3) is 10.2 Å². The monoisotopic (exact) mass is 360 g/mol. The Balaban J connectivity index is 2.13. The number of hydrogen-bond acceptors (Lipinski definition) is 5. The topological polar surface area (TPSA) is 70.6 Å². The summed E-state index contributed by atoms with van der Waals surface area (Å²) in [5.41, 5.74) is 1.30. The molecular weight excluding hydrogens is 340 g/mol. The van der Waals surface area contributed by atoms with E-state index >= 15 is 0 Å². The zero-order chi connectivity index (χ0) is 18.0. The van der Waals surface area contributed by atoms with Gasteiger partial charge in [-0.2, -0.15) is 10.1 Å². The summed E-state index contributed by atoms with van der Waals surface area (Å²) in [4.78, 5) is 17.3. The lowest BCUT2D eigenvalue weighted by Gasteiger charge is -2.08. The van der Waals surface area contributed by atoms with Gasteiger partial charge in [0.25, 0.3) is 5.91 Å². The summed E-state index contributed by atoms with van der Waals surface area (Å²) in [6.07, 6.45) is 1.78. The SMILES string of the molecule is CCn1ccc(C(=O)N=c2sc3cc(OC)c(OC)cc3n2CC)n1. The van der Waals surface area contributed by atoms with Crippen molar-refractivity contribution < 1.29 is 14.3 Å². The lowest BCUT2D eigenvalue weighted by atomic mass is 10.3. The molecule has 132 valence electrons. The van der Waals surface area contributed by atoms with Crippen LogP contribution in [0.3, 0.4) is 0 Å². The Morgan fingerprint density at radius 3 is 2.52 bits per heavy atom. The highest BCUT2D eigenvalue weighted by Gasteiger charge is 2.14. The van der Waals surface area contributed by atoms with Crippen LogP contribution >= 0.6 is 11.3 Å². The molecule has 0 saturated carbocycles. The van der Waals surface area contributed by atoms with Gasteiger partial charge in [-0.1, -0.05) is 11.3 Å². The highest BCUT2D eigenvalue weighted by atomic mass is 32.1. The summed E-state index contributed by atoms with van der Waals surface area (Å²) in [5, 5.41) is 4.22. The average Bonchev–Trinajstić information content (AvgIpc) is 3.24. The fourth-order valence-electron chi connectivity index (χ4n) is 2.58. The molecule has 3 aromatic rings. The van der Waals surface area contributed by atoms with Crippen LogP contribution in [0.4, 0.5) is 0 Å². The number of thiazole rings is 1. The molecule has 0 atom stereocenters. The number of rotatable bonds is 5. The number of ether oxygens (including phenoxy) is 2. The zero-order valence-corrected chi connectivity index (χ0v) is 15.5. The number of hydrogen-bond donors (Lipinski definition) is 0. The summed E-state index contributed by atoms with van der Waals surface area (Å²) >= 11 is 1.44. The summed E-state index contributed by atoms with van der Waals surface area (Å²) in [6.45, 7) is 5.38. The van der Waals surface area contributed by atoms with Crippen molar-refractivity contribution in [1.29, 1.82) is 0 Å². The minimum Gasteiger partial charge on any atom is -0.493 e. The second kappa shape index (κ2) is 7.10. The minimum atomic E-state index is -0.347. The third-order valence-electron chi connectivity index (χ3n) is 3.89. The molecule has 2 aromatic heterocycles. The van der Waals surface area contributed by atoms with Crippen molar-refractivity contribution in [2.24, 2.45) is 4.99 Å². The lowest BCUT2D eigenvalue weighted by molar-refractivity contribution is 0.0992. The van der Waals surface area contributed by atoms with E-state index in [9.17, 15) is 4.79 Å². The normalized spacial score (nSPS) is 11.9. The molecule has 0 spiro atoms. The minimum absolute atomic E-state index is 0.345. The molecule has 0 unspecified atom stereocenters. The summed E-state index contributed by atoms with van der Waals surface area (Å²) in [5.74, 6) is 0.952. The highest BCUT2D eigenvalue weighted by molar-refractivity contribution is 7.16. The maximum absolute atomic E-state index is 12.4. The molecule has 0 radical (unpaired) electrons. The number of fused-ring (bicyclic) bond motifs is 1. The van der Waals surface area contributed by atoms with Crippen LogP contribution in [0.2, 0.25) is 0 Å². The first-order chi connectivity index (χ1) is 12.1. The molecule has 1 amide bonds. The highest BCUT2D eigenvalue weighted by Crippen LogP contribution is 2.33. The van der Waals surface area contributed by atoms with Gasteiger partial charge in [-0.25, -0.2) is 0 Å². The van der Waals surface area contributed by atoms with Crippen molar-refractivity contribution in [1.82, 2.24) is 14.3 Å². The van der Waals surface area contributed by atoms with Crippen LogP contribution in [0.1, 0.15) is 24.3 Å². The van der Waals surface area contributed by atoms with Crippen molar-refractivity contribution in [2.75, 3.05) is 14.2 Å². The predicted octanol–water partition coefficient (Wildman–Crippen LogP) is 2.70. The Labute approximate surface area is 149 Å². The van der Waals surface area contributed by atoms with Gasteiger partial charge in [-0.3, -0.25) is 9.48 Å². The Bertz CT molecular complexity index is 984. The van der Waals surface area contributed by atoms with Gasteiger partial charge in [0.15, 0.2) is 22.0 Å². The van der Waals surface area contributed by atoms with E-state index < -0.39 is 0 Å². The van der Waals surface area contributed by atoms with E-state index in [2.05, 4.69) is 10.1 Å². The molecule has 0 aliphatic carbocycles. The number of nitrogens with zero attached hydrogens (tertiary/aromatic N) is 4. The number of carbonyl (C=O) groups excluding carboxylic acids is 1. The fraction of sp³-hybridized carbons (Fsp3) is 0.353. The molecule has 8 heteroatoms. The van der Waals surface area contributed by atoms with Gasteiger partial charge < -0.3 is 14.0 Å². The van der Waals surface area contributed by atoms with Crippen molar-refractivity contribution >= 4 is 27.5 Å². The Kier molecular flexibility index (Phi) is 4.89. The Hall–Kier alpha value is -2.61. The van der Waals surface area contributed by atoms with Gasteiger partial charge in [0, 0.05) is 31.4 Å². The second-order valence-electron chi connectivity index (χ2n) is 5.28. The van der Waals surface area contributed by atoms with Crippen molar-refractivity contribution in [3.63, 3.8) is 0 Å². The first-order valence-corrected chi connectivity index (χ1v) is 8.80. The van der Waals surface area contributed by atoms with Crippen molar-refractivity contribution in [3.8, 4) is 11.5 Å². The van der Waals surface area contributed by atoms with Gasteiger partial charge in [0.1, 0.15) is 0 Å². The molecule has 3 rings (SSSR count). The molecule has 0 bridgehead atoms. The van der Waals surface area contributed by atoms with Crippen molar-refractivity contribution in [2.45, 2.75) is 26.9 Å². The van der Waals surface area contributed by atoms with E-state index in [1.165, 1.54) is 11.3 Å². The molecule has 1 aromatic carbocycles. The van der Waals surface area contributed by atoms with E-state index in [1.54, 1.807) is 31.2 Å². The zero-order valence-electron chi connectivity index (χ0n) is 14.6. The first-order valence-electron chi connectivity index (χ1n) is 7.99. The van der Waals surface area contributed by atoms with E-state index in [-0.39, 0.29) is 5.91 Å². The standard InChI is InChI=1S/C17H20N4O3S/c1-5-20-8-7-11(19-20)16(22)18-17-21(6-2)12-9-13(23-3)14(24-4)10-15(12)25-17/h7-10H,5-6H2,1-4H3. The van der Waals surface area contributed by atoms with E-state index in [4.69, 9.17) is 9.47 Å². The Morgan fingerprint density at radius 2 is 1.92 bits per heavy atom. The third kappa shape index (κ3) is 3.17. The first kappa shape index (κ1) is 17.2. The summed E-state index contributed by atoms with van der Waals surface area (Å²) < 4.78 is 15.4. The molecule has 2 heterocycles. The third-order valence-corrected chi connectivity index (χ3v) is 4.93. The van der Waals surface area contributed by atoms with E-state index in [0.717, 1.165) is 10.2 Å². The molecule has 0 fully saturated rings. The quantitative estimate of drug-likeness (QED) is 0.701. The summed E-state index contributed by atoms with van der Waals surface area (Å²) in [6, 6.07) is 5.49. The molecule has 0 aliphatic rings. The number of aromatic nitrogens is 3. The van der Waals surface area contributed by atoms with Gasteiger partial charge in [0.05, 0.1) is 24.4 Å². The van der Waals surface area contributed by atoms with Gasteiger partial charge in [-0.05, 0) is 19.9 Å². The second-order valence-corrected chi connectivity index (χ2v) is 6.29. The van der Waals surface area contributed by atoms with Gasteiger partial charge in [0.2, 0.25) is 0 Å². The molecule has 7 nitrogen and oxygen atoms in total. The van der Waals surface area contributed by atoms with Crippen LogP contribution in [0, 0.1) is 0 Å². The van der Waals surface area contributed by atoms with Crippen molar-refractivity contribution in [3.05, 3.63) is 34.9 Å².